The van der Waals surface area contributed by atoms with Crippen molar-refractivity contribution >= 4 is 5.91 Å². The van der Waals surface area contributed by atoms with Crippen molar-refractivity contribution in [3.05, 3.63) is 54.1 Å². The van der Waals surface area contributed by atoms with Gasteiger partial charge in [-0.25, -0.2) is 0 Å². The molecule has 2 aromatic rings. The lowest BCUT2D eigenvalue weighted by Crippen LogP contribution is -2.58. The van der Waals surface area contributed by atoms with Gasteiger partial charge in [-0.15, -0.1) is 0 Å². The van der Waals surface area contributed by atoms with Crippen molar-refractivity contribution in [3.63, 3.8) is 0 Å². The van der Waals surface area contributed by atoms with Crippen molar-refractivity contribution in [2.24, 2.45) is 0 Å². The molecule has 1 amide bonds. The van der Waals surface area contributed by atoms with Gasteiger partial charge in [0, 0.05) is 20.1 Å². The Labute approximate surface area is 184 Å². The van der Waals surface area contributed by atoms with E-state index in [4.69, 9.17) is 14.2 Å². The number of methoxy groups -OCH3 is 1. The van der Waals surface area contributed by atoms with Gasteiger partial charge in [0.25, 0.3) is 0 Å². The monoisotopic (exact) mass is 424 g/mol. The molecule has 2 aliphatic rings. The molecule has 0 N–H and O–H groups in total. The summed E-state index contributed by atoms with van der Waals surface area (Å²) >= 11 is 0. The molecule has 0 saturated carbocycles. The van der Waals surface area contributed by atoms with Crippen molar-refractivity contribution in [1.29, 1.82) is 0 Å². The lowest BCUT2D eigenvalue weighted by atomic mass is 9.85. The molecule has 0 radical (unpaired) electrons. The number of nitrogens with zero attached hydrogens (tertiary/aromatic N) is 2. The van der Waals surface area contributed by atoms with Crippen molar-refractivity contribution in [2.75, 3.05) is 40.5 Å². The second-order valence-electron chi connectivity index (χ2n) is 8.38. The summed E-state index contributed by atoms with van der Waals surface area (Å²) in [4.78, 5) is 17.3. The maximum Gasteiger partial charge on any atom is 0.242 e. The molecule has 31 heavy (non-hydrogen) atoms. The smallest absolute Gasteiger partial charge is 0.242 e. The van der Waals surface area contributed by atoms with Crippen molar-refractivity contribution in [3.8, 4) is 17.2 Å². The van der Waals surface area contributed by atoms with E-state index < -0.39 is 0 Å². The number of para-hydroxylation sites is 1. The fourth-order valence-electron chi connectivity index (χ4n) is 4.84. The minimum absolute atomic E-state index is 0.279. The van der Waals surface area contributed by atoms with E-state index >= 15 is 0 Å². The zero-order valence-corrected chi connectivity index (χ0v) is 18.5. The molecule has 2 fully saturated rings. The summed E-state index contributed by atoms with van der Waals surface area (Å²) in [5.74, 6) is 2.52. The van der Waals surface area contributed by atoms with Gasteiger partial charge in [0.1, 0.15) is 24.5 Å². The van der Waals surface area contributed by atoms with E-state index in [1.807, 2.05) is 54.4 Å². The average molecular weight is 425 g/mol. The van der Waals surface area contributed by atoms with Crippen molar-refractivity contribution in [1.82, 2.24) is 9.80 Å². The van der Waals surface area contributed by atoms with Crippen LogP contribution in [0.4, 0.5) is 0 Å². The van der Waals surface area contributed by atoms with Crippen molar-refractivity contribution < 1.29 is 19.0 Å². The molecule has 6 heteroatoms. The van der Waals surface area contributed by atoms with Crippen LogP contribution in [-0.2, 0) is 11.3 Å². The van der Waals surface area contributed by atoms with Crippen LogP contribution in [0.25, 0.3) is 0 Å². The lowest BCUT2D eigenvalue weighted by molar-refractivity contribution is -0.146. The topological polar surface area (TPSA) is 51.2 Å². The standard InChI is InChI=1S/C25H32N2O4/c1-26-14-6-12-25(24(26)28)13-7-15-27(25)19-20-10-11-22(23(18-20)29-2)31-17-16-30-21-8-4-3-5-9-21/h3-5,8-11,18H,6-7,12-17,19H2,1-2H3. The van der Waals surface area contributed by atoms with Crippen LogP contribution in [0, 0.1) is 0 Å². The summed E-state index contributed by atoms with van der Waals surface area (Å²) in [7, 11) is 3.58. The zero-order chi connectivity index (χ0) is 21.7. The minimum Gasteiger partial charge on any atom is -0.493 e. The van der Waals surface area contributed by atoms with Crippen LogP contribution >= 0.6 is 0 Å². The van der Waals surface area contributed by atoms with E-state index in [1.54, 1.807) is 7.11 Å². The lowest BCUT2D eigenvalue weighted by Gasteiger charge is -2.43. The number of likely N-dealkylation sites (tertiary alicyclic amines) is 2. The Morgan fingerprint density at radius 1 is 0.935 bits per heavy atom. The Bertz CT molecular complexity index is 888. The number of hydrogen-bond donors (Lipinski definition) is 0. The number of hydrogen-bond acceptors (Lipinski definition) is 5. The van der Waals surface area contributed by atoms with E-state index in [0.717, 1.165) is 56.6 Å². The molecular formula is C25H32N2O4. The summed E-state index contributed by atoms with van der Waals surface area (Å²) in [5.41, 5.74) is 0.802. The van der Waals surface area contributed by atoms with Gasteiger partial charge in [0.15, 0.2) is 11.5 Å². The summed E-state index contributed by atoms with van der Waals surface area (Å²) in [6.45, 7) is 3.45. The van der Waals surface area contributed by atoms with E-state index in [-0.39, 0.29) is 11.4 Å². The first-order chi connectivity index (χ1) is 15.1. The van der Waals surface area contributed by atoms with E-state index in [2.05, 4.69) is 11.0 Å². The van der Waals surface area contributed by atoms with E-state index in [1.165, 1.54) is 0 Å². The van der Waals surface area contributed by atoms with E-state index in [0.29, 0.717) is 24.7 Å². The molecule has 2 saturated heterocycles. The number of carbonyl (C=O) groups excluding carboxylic acids is 1. The molecule has 4 rings (SSSR count). The molecule has 1 unspecified atom stereocenters. The second-order valence-corrected chi connectivity index (χ2v) is 8.38. The van der Waals surface area contributed by atoms with Crippen LogP contribution < -0.4 is 14.2 Å². The first kappa shape index (κ1) is 21.5. The molecule has 2 aromatic carbocycles. The van der Waals surface area contributed by atoms with Gasteiger partial charge in [-0.05, 0) is 62.1 Å². The zero-order valence-electron chi connectivity index (χ0n) is 18.5. The minimum atomic E-state index is -0.329. The normalized spacial score (nSPS) is 21.5. The highest BCUT2D eigenvalue weighted by Gasteiger charge is 2.49. The molecule has 6 nitrogen and oxygen atoms in total. The van der Waals surface area contributed by atoms with Gasteiger partial charge in [-0.3, -0.25) is 9.69 Å². The second kappa shape index (κ2) is 9.60. The van der Waals surface area contributed by atoms with Crippen molar-refractivity contribution in [2.45, 2.75) is 37.8 Å². The van der Waals surface area contributed by atoms with Crippen LogP contribution in [0.5, 0.6) is 17.2 Å². The summed E-state index contributed by atoms with van der Waals surface area (Å²) in [6, 6.07) is 15.7. The summed E-state index contributed by atoms with van der Waals surface area (Å²) < 4.78 is 17.2. The molecular weight excluding hydrogens is 392 g/mol. The average Bonchev–Trinajstić information content (AvgIpc) is 3.19. The molecule has 2 heterocycles. The number of amides is 1. The van der Waals surface area contributed by atoms with Crippen LogP contribution in [0.2, 0.25) is 0 Å². The fraction of sp³-hybridized carbons (Fsp3) is 0.480. The Balaban J connectivity index is 1.38. The predicted octanol–water partition coefficient (Wildman–Crippen LogP) is 3.74. The Morgan fingerprint density at radius 2 is 1.68 bits per heavy atom. The summed E-state index contributed by atoms with van der Waals surface area (Å²) in [5, 5.41) is 0. The highest BCUT2D eigenvalue weighted by Crippen LogP contribution is 2.39. The van der Waals surface area contributed by atoms with Gasteiger partial charge >= 0.3 is 0 Å². The molecule has 0 bridgehead atoms. The quantitative estimate of drug-likeness (QED) is 0.605. The number of carbonyl (C=O) groups is 1. The largest absolute Gasteiger partial charge is 0.493 e. The van der Waals surface area contributed by atoms with Gasteiger partial charge in [0.05, 0.1) is 7.11 Å². The number of likely N-dealkylation sites (N-methyl/N-ethyl adjacent to an activating group) is 1. The number of piperidine rings is 1. The fourth-order valence-corrected chi connectivity index (χ4v) is 4.84. The Kier molecular flexibility index (Phi) is 6.66. The SMILES string of the molecule is COc1cc(CN2CCCC23CCCN(C)C3=O)ccc1OCCOc1ccccc1. The van der Waals surface area contributed by atoms with Gasteiger partial charge in [0.2, 0.25) is 5.91 Å². The molecule has 1 atom stereocenters. The van der Waals surface area contributed by atoms with E-state index in [9.17, 15) is 4.79 Å². The molecule has 0 aliphatic carbocycles. The van der Waals surface area contributed by atoms with Crippen LogP contribution in [0.1, 0.15) is 31.2 Å². The maximum atomic E-state index is 13.0. The molecule has 166 valence electrons. The molecule has 2 aliphatic heterocycles. The molecule has 0 aromatic heterocycles. The van der Waals surface area contributed by atoms with Crippen LogP contribution in [0.15, 0.2) is 48.5 Å². The number of benzene rings is 2. The van der Waals surface area contributed by atoms with Crippen LogP contribution in [0.3, 0.4) is 0 Å². The van der Waals surface area contributed by atoms with Gasteiger partial charge in [-0.1, -0.05) is 24.3 Å². The predicted molar refractivity (Wildman–Crippen MR) is 120 cm³/mol. The maximum absolute atomic E-state index is 13.0. The highest BCUT2D eigenvalue weighted by molar-refractivity contribution is 5.87. The summed E-state index contributed by atoms with van der Waals surface area (Å²) in [6.07, 6.45) is 4.05. The third-order valence-corrected chi connectivity index (χ3v) is 6.41. The number of rotatable bonds is 8. The van der Waals surface area contributed by atoms with Gasteiger partial charge < -0.3 is 19.1 Å². The number of ether oxygens (including phenoxy) is 3. The van der Waals surface area contributed by atoms with Crippen LogP contribution in [-0.4, -0.2) is 61.7 Å². The third kappa shape index (κ3) is 4.64. The first-order valence-corrected chi connectivity index (χ1v) is 11.1. The highest BCUT2D eigenvalue weighted by atomic mass is 16.5. The Hall–Kier alpha value is -2.73. The first-order valence-electron chi connectivity index (χ1n) is 11.1. The molecule has 1 spiro atoms. The van der Waals surface area contributed by atoms with Gasteiger partial charge in [-0.2, -0.15) is 0 Å². The third-order valence-electron chi connectivity index (χ3n) is 6.41. The Morgan fingerprint density at radius 3 is 2.45 bits per heavy atom.